The number of hydrogen-bond acceptors (Lipinski definition) is 4. The quantitative estimate of drug-likeness (QED) is 0.332. The van der Waals surface area contributed by atoms with Gasteiger partial charge in [0, 0.05) is 10.0 Å². The molecule has 4 N–H and O–H groups in total. The van der Waals surface area contributed by atoms with Crippen molar-refractivity contribution in [2.75, 3.05) is 5.32 Å². The van der Waals surface area contributed by atoms with Crippen LogP contribution >= 0.6 is 38.9 Å². The summed E-state index contributed by atoms with van der Waals surface area (Å²) in [6.45, 7) is 0. The average molecular weight is 375 g/mol. The highest BCUT2D eigenvalue weighted by molar-refractivity contribution is 9.10. The standard InChI is InChI=1S/C12H9BrClN3O2S/c13-7-3-4-20-10(7)12(18)16-9-2-1-6(5-8(9)14)11(15)17-19/h1-5,19H,(H2,15,17)(H,16,18). The molecule has 2 rings (SSSR count). The highest BCUT2D eigenvalue weighted by Gasteiger charge is 2.13. The zero-order valence-electron chi connectivity index (χ0n) is 9.93. The maximum atomic E-state index is 12.0. The van der Waals surface area contributed by atoms with Crippen LogP contribution < -0.4 is 11.1 Å². The molecule has 5 nitrogen and oxygen atoms in total. The predicted molar refractivity (Wildman–Crippen MR) is 83.9 cm³/mol. The number of anilines is 1. The number of rotatable bonds is 3. The van der Waals surface area contributed by atoms with Gasteiger partial charge in [0.05, 0.1) is 10.7 Å². The normalized spacial score (nSPS) is 11.4. The van der Waals surface area contributed by atoms with E-state index < -0.39 is 0 Å². The van der Waals surface area contributed by atoms with Crippen molar-refractivity contribution in [1.29, 1.82) is 0 Å². The minimum Gasteiger partial charge on any atom is -0.409 e. The zero-order chi connectivity index (χ0) is 14.7. The van der Waals surface area contributed by atoms with Crippen LogP contribution in [0, 0.1) is 0 Å². The first kappa shape index (κ1) is 14.8. The fraction of sp³-hybridized carbons (Fsp3) is 0. The number of carbonyl (C=O) groups is 1. The lowest BCUT2D eigenvalue weighted by atomic mass is 10.2. The molecule has 1 aromatic carbocycles. The summed E-state index contributed by atoms with van der Waals surface area (Å²) in [4.78, 5) is 12.6. The van der Waals surface area contributed by atoms with Crippen LogP contribution in [0.1, 0.15) is 15.2 Å². The van der Waals surface area contributed by atoms with E-state index in [4.69, 9.17) is 22.5 Å². The third-order valence-corrected chi connectivity index (χ3v) is 4.59. The third kappa shape index (κ3) is 3.12. The van der Waals surface area contributed by atoms with Gasteiger partial charge >= 0.3 is 0 Å². The Balaban J connectivity index is 2.23. The van der Waals surface area contributed by atoms with Crippen molar-refractivity contribution in [3.8, 4) is 0 Å². The monoisotopic (exact) mass is 373 g/mol. The molecular formula is C12H9BrClN3O2S. The fourth-order valence-corrected chi connectivity index (χ4v) is 3.14. The van der Waals surface area contributed by atoms with Gasteiger partial charge in [0.25, 0.3) is 5.91 Å². The minimum absolute atomic E-state index is 0.0502. The molecule has 20 heavy (non-hydrogen) atoms. The molecule has 0 spiro atoms. The van der Waals surface area contributed by atoms with E-state index >= 15 is 0 Å². The molecule has 1 heterocycles. The zero-order valence-corrected chi connectivity index (χ0v) is 13.1. The van der Waals surface area contributed by atoms with Crippen LogP contribution in [0.25, 0.3) is 0 Å². The summed E-state index contributed by atoms with van der Waals surface area (Å²) < 4.78 is 0.726. The first-order valence-corrected chi connectivity index (χ1v) is 7.39. The minimum atomic E-state index is -0.259. The van der Waals surface area contributed by atoms with Crippen LogP contribution in [0.5, 0.6) is 0 Å². The number of thiophene rings is 1. The summed E-state index contributed by atoms with van der Waals surface area (Å²) >= 11 is 10.7. The number of benzene rings is 1. The molecule has 0 fully saturated rings. The average Bonchev–Trinajstić information content (AvgIpc) is 2.86. The predicted octanol–water partition coefficient (Wildman–Crippen LogP) is 3.51. The number of nitrogens with two attached hydrogens (primary N) is 1. The Labute approximate surface area is 132 Å². The number of carbonyl (C=O) groups excluding carboxylic acids is 1. The lowest BCUT2D eigenvalue weighted by molar-refractivity contribution is 0.103. The lowest BCUT2D eigenvalue weighted by Crippen LogP contribution is -2.14. The molecule has 0 aliphatic heterocycles. The maximum absolute atomic E-state index is 12.0. The third-order valence-electron chi connectivity index (χ3n) is 2.44. The Morgan fingerprint density at radius 3 is 2.75 bits per heavy atom. The summed E-state index contributed by atoms with van der Waals surface area (Å²) in [6.07, 6.45) is 0. The molecule has 0 atom stereocenters. The fourth-order valence-electron chi connectivity index (χ4n) is 1.47. The van der Waals surface area contributed by atoms with Crippen LogP contribution in [0.15, 0.2) is 39.3 Å². The van der Waals surface area contributed by atoms with E-state index in [0.717, 1.165) is 4.47 Å². The number of nitrogens with zero attached hydrogens (tertiary/aromatic N) is 1. The molecule has 0 aliphatic rings. The number of amidine groups is 1. The van der Waals surface area contributed by atoms with E-state index in [9.17, 15) is 4.79 Å². The topological polar surface area (TPSA) is 87.7 Å². The van der Waals surface area contributed by atoms with E-state index in [2.05, 4.69) is 26.4 Å². The highest BCUT2D eigenvalue weighted by atomic mass is 79.9. The van der Waals surface area contributed by atoms with Crippen molar-refractivity contribution >= 4 is 56.3 Å². The van der Waals surface area contributed by atoms with Gasteiger partial charge in [0.1, 0.15) is 4.88 Å². The van der Waals surface area contributed by atoms with Gasteiger partial charge in [-0.2, -0.15) is 0 Å². The van der Waals surface area contributed by atoms with Gasteiger partial charge in [-0.15, -0.1) is 11.3 Å². The molecule has 104 valence electrons. The van der Waals surface area contributed by atoms with E-state index in [-0.39, 0.29) is 11.7 Å². The first-order valence-electron chi connectivity index (χ1n) is 5.34. The number of nitrogens with one attached hydrogen (secondary N) is 1. The van der Waals surface area contributed by atoms with Crippen LogP contribution in [0.4, 0.5) is 5.69 Å². The van der Waals surface area contributed by atoms with Crippen LogP contribution in [-0.4, -0.2) is 17.0 Å². The molecule has 8 heteroatoms. The van der Waals surface area contributed by atoms with Gasteiger partial charge < -0.3 is 16.3 Å². The molecule has 0 aliphatic carbocycles. The molecule has 1 amide bonds. The summed E-state index contributed by atoms with van der Waals surface area (Å²) in [6, 6.07) is 6.49. The van der Waals surface area contributed by atoms with Crippen molar-refractivity contribution in [2.45, 2.75) is 0 Å². The summed E-state index contributed by atoms with van der Waals surface area (Å²) in [5.41, 5.74) is 6.38. The Kier molecular flexibility index (Phi) is 4.64. The summed E-state index contributed by atoms with van der Waals surface area (Å²) in [5, 5.41) is 16.3. The van der Waals surface area contributed by atoms with Gasteiger partial charge in [-0.25, -0.2) is 0 Å². The van der Waals surface area contributed by atoms with Gasteiger partial charge in [-0.1, -0.05) is 16.8 Å². The molecule has 1 aromatic heterocycles. The van der Waals surface area contributed by atoms with E-state index in [0.29, 0.717) is 21.2 Å². The molecular weight excluding hydrogens is 366 g/mol. The van der Waals surface area contributed by atoms with Crippen molar-refractivity contribution in [1.82, 2.24) is 0 Å². The van der Waals surface area contributed by atoms with Gasteiger partial charge in [-0.3, -0.25) is 4.79 Å². The van der Waals surface area contributed by atoms with Crippen molar-refractivity contribution in [3.05, 3.63) is 49.6 Å². The molecule has 0 saturated carbocycles. The van der Waals surface area contributed by atoms with Crippen LogP contribution in [-0.2, 0) is 0 Å². The Morgan fingerprint density at radius 1 is 1.45 bits per heavy atom. The van der Waals surface area contributed by atoms with Crippen molar-refractivity contribution < 1.29 is 10.0 Å². The van der Waals surface area contributed by atoms with Crippen LogP contribution in [0.3, 0.4) is 0 Å². The number of oxime groups is 1. The lowest BCUT2D eigenvalue weighted by Gasteiger charge is -2.08. The van der Waals surface area contributed by atoms with Gasteiger partial charge in [-0.05, 0) is 45.6 Å². The van der Waals surface area contributed by atoms with Gasteiger partial charge in [0.2, 0.25) is 0 Å². The van der Waals surface area contributed by atoms with E-state index in [1.54, 1.807) is 18.2 Å². The maximum Gasteiger partial charge on any atom is 0.266 e. The molecule has 0 bridgehead atoms. The van der Waals surface area contributed by atoms with E-state index in [1.807, 2.05) is 5.38 Å². The smallest absolute Gasteiger partial charge is 0.266 e. The Bertz CT molecular complexity index is 687. The molecule has 0 saturated heterocycles. The number of halogens is 2. The second kappa shape index (κ2) is 6.25. The molecule has 0 unspecified atom stereocenters. The largest absolute Gasteiger partial charge is 0.409 e. The summed E-state index contributed by atoms with van der Waals surface area (Å²) in [7, 11) is 0. The van der Waals surface area contributed by atoms with Crippen molar-refractivity contribution in [3.63, 3.8) is 0 Å². The molecule has 2 aromatic rings. The number of hydrogen-bond donors (Lipinski definition) is 3. The number of amides is 1. The first-order chi connectivity index (χ1) is 9.52. The second-order valence-corrected chi connectivity index (χ2v) is 5.91. The Hall–Kier alpha value is -1.57. The summed E-state index contributed by atoms with van der Waals surface area (Å²) in [5.74, 6) is -0.309. The highest BCUT2D eigenvalue weighted by Crippen LogP contribution is 2.27. The Morgan fingerprint density at radius 2 is 2.20 bits per heavy atom. The second-order valence-electron chi connectivity index (χ2n) is 3.73. The van der Waals surface area contributed by atoms with E-state index in [1.165, 1.54) is 17.4 Å². The van der Waals surface area contributed by atoms with Crippen LogP contribution in [0.2, 0.25) is 5.02 Å². The van der Waals surface area contributed by atoms with Crippen molar-refractivity contribution in [2.24, 2.45) is 10.9 Å². The molecule has 0 radical (unpaired) electrons. The SMILES string of the molecule is N/C(=N/O)c1ccc(NC(=O)c2sccc2Br)c(Cl)c1. The van der Waals surface area contributed by atoms with Gasteiger partial charge in [0.15, 0.2) is 5.84 Å².